The molecule has 2 N–H and O–H groups in total. The van der Waals surface area contributed by atoms with E-state index in [9.17, 15) is 0 Å². The van der Waals surface area contributed by atoms with E-state index in [2.05, 4.69) is 6.07 Å². The van der Waals surface area contributed by atoms with E-state index in [1.165, 1.54) is 5.56 Å². The smallest absolute Gasteiger partial charge is 0.119 e. The Bertz CT molecular complexity index is 351. The molecule has 2 unspecified atom stereocenters. The quantitative estimate of drug-likeness (QED) is 0.819. The summed E-state index contributed by atoms with van der Waals surface area (Å²) in [6, 6.07) is 6.04. The van der Waals surface area contributed by atoms with Gasteiger partial charge in [-0.25, -0.2) is 0 Å². The molecule has 0 aliphatic heterocycles. The van der Waals surface area contributed by atoms with Crippen molar-refractivity contribution >= 4 is 0 Å². The first kappa shape index (κ1) is 10.5. The summed E-state index contributed by atoms with van der Waals surface area (Å²) in [5.41, 5.74) is 8.56. The first-order valence-electron chi connectivity index (χ1n) is 5.30. The van der Waals surface area contributed by atoms with Gasteiger partial charge in [0.1, 0.15) is 5.75 Å². The summed E-state index contributed by atoms with van der Waals surface area (Å²) < 4.78 is 10.8. The van der Waals surface area contributed by atoms with Crippen LogP contribution in [0.25, 0.3) is 0 Å². The number of rotatable bonds is 3. The Labute approximate surface area is 90.2 Å². The molecular weight excluding hydrogens is 190 g/mol. The number of hydrogen-bond donors (Lipinski definition) is 1. The molecule has 0 fully saturated rings. The molecule has 0 amide bonds. The van der Waals surface area contributed by atoms with E-state index in [1.54, 1.807) is 7.11 Å². The van der Waals surface area contributed by atoms with Gasteiger partial charge in [0, 0.05) is 13.0 Å². The third-order valence-corrected chi connectivity index (χ3v) is 2.91. The lowest BCUT2D eigenvalue weighted by molar-refractivity contribution is 0.0529. The summed E-state index contributed by atoms with van der Waals surface area (Å²) in [6.07, 6.45) is 1.03. The topological polar surface area (TPSA) is 44.5 Å². The number of fused-ring (bicyclic) bond motifs is 1. The van der Waals surface area contributed by atoms with Crippen LogP contribution in [0, 0.1) is 0 Å². The van der Waals surface area contributed by atoms with Crippen molar-refractivity contribution < 1.29 is 9.47 Å². The van der Waals surface area contributed by atoms with Gasteiger partial charge >= 0.3 is 0 Å². The number of benzene rings is 1. The standard InChI is InChI=1S/C12H17NO2/c1-3-15-11-6-8-4-5-9(14-2)7-10(8)12(11)13/h4-5,7,11-12H,3,6,13H2,1-2H3. The minimum atomic E-state index is -0.0185. The van der Waals surface area contributed by atoms with Crippen molar-refractivity contribution in [3.63, 3.8) is 0 Å². The van der Waals surface area contributed by atoms with Crippen molar-refractivity contribution in [3.05, 3.63) is 29.3 Å². The van der Waals surface area contributed by atoms with Crippen LogP contribution < -0.4 is 10.5 Å². The van der Waals surface area contributed by atoms with Crippen LogP contribution in [0.2, 0.25) is 0 Å². The molecule has 1 aromatic carbocycles. The zero-order valence-corrected chi connectivity index (χ0v) is 9.19. The highest BCUT2D eigenvalue weighted by molar-refractivity contribution is 5.42. The molecule has 0 saturated heterocycles. The molecule has 15 heavy (non-hydrogen) atoms. The van der Waals surface area contributed by atoms with Gasteiger partial charge in [0.15, 0.2) is 0 Å². The van der Waals surface area contributed by atoms with Gasteiger partial charge < -0.3 is 15.2 Å². The van der Waals surface area contributed by atoms with Crippen LogP contribution in [0.1, 0.15) is 24.1 Å². The molecule has 0 heterocycles. The van der Waals surface area contributed by atoms with Crippen LogP contribution in [0.5, 0.6) is 5.75 Å². The van der Waals surface area contributed by atoms with Gasteiger partial charge in [-0.3, -0.25) is 0 Å². The van der Waals surface area contributed by atoms with Crippen molar-refractivity contribution in [2.45, 2.75) is 25.5 Å². The van der Waals surface area contributed by atoms with E-state index < -0.39 is 0 Å². The molecule has 2 atom stereocenters. The summed E-state index contributed by atoms with van der Waals surface area (Å²) >= 11 is 0. The van der Waals surface area contributed by atoms with Crippen molar-refractivity contribution in [3.8, 4) is 5.75 Å². The second kappa shape index (κ2) is 4.21. The van der Waals surface area contributed by atoms with Gasteiger partial charge in [-0.1, -0.05) is 6.07 Å². The van der Waals surface area contributed by atoms with E-state index in [0.29, 0.717) is 6.61 Å². The Morgan fingerprint density at radius 3 is 2.93 bits per heavy atom. The molecule has 0 spiro atoms. The van der Waals surface area contributed by atoms with Crippen LogP contribution in [0.4, 0.5) is 0 Å². The predicted octanol–water partition coefficient (Wildman–Crippen LogP) is 1.66. The molecule has 3 nitrogen and oxygen atoms in total. The van der Waals surface area contributed by atoms with Crippen molar-refractivity contribution in [2.75, 3.05) is 13.7 Å². The lowest BCUT2D eigenvalue weighted by atomic mass is 10.1. The molecule has 0 radical (unpaired) electrons. The Kier molecular flexibility index (Phi) is 2.93. The van der Waals surface area contributed by atoms with E-state index in [4.69, 9.17) is 15.2 Å². The molecular formula is C12H17NO2. The average molecular weight is 207 g/mol. The highest BCUT2D eigenvalue weighted by Crippen LogP contribution is 2.33. The second-order valence-corrected chi connectivity index (χ2v) is 3.79. The minimum Gasteiger partial charge on any atom is -0.497 e. The van der Waals surface area contributed by atoms with Gasteiger partial charge in [-0.2, -0.15) is 0 Å². The summed E-state index contributed by atoms with van der Waals surface area (Å²) in [6.45, 7) is 2.71. The predicted molar refractivity (Wildman–Crippen MR) is 59.0 cm³/mol. The zero-order valence-electron chi connectivity index (χ0n) is 9.19. The Morgan fingerprint density at radius 1 is 1.47 bits per heavy atom. The first-order valence-corrected chi connectivity index (χ1v) is 5.30. The first-order chi connectivity index (χ1) is 7.26. The highest BCUT2D eigenvalue weighted by Gasteiger charge is 2.30. The molecule has 1 aliphatic carbocycles. The van der Waals surface area contributed by atoms with Crippen molar-refractivity contribution in [1.29, 1.82) is 0 Å². The summed E-state index contributed by atoms with van der Waals surface area (Å²) in [4.78, 5) is 0. The highest BCUT2D eigenvalue weighted by atomic mass is 16.5. The summed E-state index contributed by atoms with van der Waals surface area (Å²) in [7, 11) is 1.67. The van der Waals surface area contributed by atoms with Gasteiger partial charge in [0.2, 0.25) is 0 Å². The van der Waals surface area contributed by atoms with Crippen molar-refractivity contribution in [2.24, 2.45) is 5.73 Å². The number of ether oxygens (including phenoxy) is 2. The van der Waals surface area contributed by atoms with Crippen LogP contribution in [0.3, 0.4) is 0 Å². The fraction of sp³-hybridized carbons (Fsp3) is 0.500. The van der Waals surface area contributed by atoms with E-state index in [-0.39, 0.29) is 12.1 Å². The fourth-order valence-electron chi connectivity index (χ4n) is 2.12. The van der Waals surface area contributed by atoms with Crippen LogP contribution in [-0.2, 0) is 11.2 Å². The third kappa shape index (κ3) is 1.85. The minimum absolute atomic E-state index is 0.0185. The molecule has 1 aromatic rings. The molecule has 3 heteroatoms. The number of hydrogen-bond acceptors (Lipinski definition) is 3. The maximum absolute atomic E-state index is 6.12. The van der Waals surface area contributed by atoms with Gasteiger partial charge in [-0.15, -0.1) is 0 Å². The lowest BCUT2D eigenvalue weighted by Crippen LogP contribution is -2.25. The van der Waals surface area contributed by atoms with Gasteiger partial charge in [0.25, 0.3) is 0 Å². The average Bonchev–Trinajstić information content (AvgIpc) is 2.56. The second-order valence-electron chi connectivity index (χ2n) is 3.79. The lowest BCUT2D eigenvalue weighted by Gasteiger charge is -2.15. The van der Waals surface area contributed by atoms with Crippen LogP contribution in [0.15, 0.2) is 18.2 Å². The normalized spacial score (nSPS) is 23.9. The molecule has 0 bridgehead atoms. The molecule has 0 saturated carbocycles. The van der Waals surface area contributed by atoms with E-state index in [0.717, 1.165) is 17.7 Å². The SMILES string of the molecule is CCOC1Cc2ccc(OC)cc2C1N. The fourth-order valence-corrected chi connectivity index (χ4v) is 2.12. The largest absolute Gasteiger partial charge is 0.497 e. The number of methoxy groups -OCH3 is 1. The Balaban J connectivity index is 2.25. The summed E-state index contributed by atoms with van der Waals surface area (Å²) in [5.74, 6) is 0.862. The van der Waals surface area contributed by atoms with E-state index >= 15 is 0 Å². The van der Waals surface area contributed by atoms with Gasteiger partial charge in [0.05, 0.1) is 19.3 Å². The molecule has 82 valence electrons. The van der Waals surface area contributed by atoms with Crippen molar-refractivity contribution in [1.82, 2.24) is 0 Å². The number of nitrogens with two attached hydrogens (primary N) is 1. The molecule has 1 aliphatic rings. The van der Waals surface area contributed by atoms with Gasteiger partial charge in [-0.05, 0) is 30.2 Å². The molecule has 2 rings (SSSR count). The Morgan fingerprint density at radius 2 is 2.27 bits per heavy atom. The van der Waals surface area contributed by atoms with Crippen LogP contribution >= 0.6 is 0 Å². The Hall–Kier alpha value is -1.06. The van der Waals surface area contributed by atoms with Crippen LogP contribution in [-0.4, -0.2) is 19.8 Å². The maximum Gasteiger partial charge on any atom is 0.119 e. The third-order valence-electron chi connectivity index (χ3n) is 2.91. The summed E-state index contributed by atoms with van der Waals surface area (Å²) in [5, 5.41) is 0. The van der Waals surface area contributed by atoms with E-state index in [1.807, 2.05) is 19.1 Å². The molecule has 0 aromatic heterocycles. The zero-order chi connectivity index (χ0) is 10.8. The maximum atomic E-state index is 6.12. The monoisotopic (exact) mass is 207 g/mol.